The molecule has 0 spiro atoms. The van der Waals surface area contributed by atoms with Gasteiger partial charge in [-0.05, 0) is 19.4 Å². The lowest BCUT2D eigenvalue weighted by molar-refractivity contribution is -0.142. The summed E-state index contributed by atoms with van der Waals surface area (Å²) < 4.78 is 15.7. The van der Waals surface area contributed by atoms with Crippen LogP contribution in [0.4, 0.5) is 5.69 Å². The van der Waals surface area contributed by atoms with Crippen molar-refractivity contribution in [2.24, 2.45) is 0 Å². The van der Waals surface area contributed by atoms with Gasteiger partial charge in [0.25, 0.3) is 0 Å². The number of hydrogen-bond donors (Lipinski definition) is 2. The van der Waals surface area contributed by atoms with Crippen molar-refractivity contribution in [3.63, 3.8) is 0 Å². The molecule has 1 heterocycles. The van der Waals surface area contributed by atoms with E-state index in [9.17, 15) is 9.59 Å². The highest BCUT2D eigenvalue weighted by atomic mass is 16.5. The van der Waals surface area contributed by atoms with Gasteiger partial charge in [0.1, 0.15) is 6.04 Å². The second-order valence-electron chi connectivity index (χ2n) is 5.43. The van der Waals surface area contributed by atoms with Crippen LogP contribution in [0.25, 0.3) is 0 Å². The fourth-order valence-electron chi connectivity index (χ4n) is 2.83. The highest BCUT2D eigenvalue weighted by Crippen LogP contribution is 2.39. The number of carboxylic acids is 1. The molecule has 0 aromatic heterocycles. The van der Waals surface area contributed by atoms with E-state index in [-0.39, 0.29) is 12.5 Å². The van der Waals surface area contributed by atoms with E-state index >= 15 is 0 Å². The van der Waals surface area contributed by atoms with Crippen LogP contribution in [0.5, 0.6) is 17.2 Å². The van der Waals surface area contributed by atoms with Crippen molar-refractivity contribution in [2.75, 3.05) is 39.7 Å². The highest BCUT2D eigenvalue weighted by Gasteiger charge is 2.31. The Morgan fingerprint density at radius 3 is 2.33 bits per heavy atom. The summed E-state index contributed by atoms with van der Waals surface area (Å²) in [5, 5.41) is 11.9. The first-order valence-electron chi connectivity index (χ1n) is 7.56. The van der Waals surface area contributed by atoms with Gasteiger partial charge in [-0.25, -0.2) is 0 Å². The van der Waals surface area contributed by atoms with Crippen molar-refractivity contribution in [2.45, 2.75) is 18.9 Å². The normalized spacial score (nSPS) is 17.4. The van der Waals surface area contributed by atoms with Crippen LogP contribution in [0.15, 0.2) is 12.1 Å². The predicted molar refractivity (Wildman–Crippen MR) is 87.0 cm³/mol. The molecule has 2 rings (SSSR count). The first kappa shape index (κ1) is 17.9. The molecule has 1 saturated heterocycles. The van der Waals surface area contributed by atoms with Gasteiger partial charge < -0.3 is 24.6 Å². The lowest BCUT2D eigenvalue weighted by Gasteiger charge is -2.20. The molecule has 0 bridgehead atoms. The van der Waals surface area contributed by atoms with Gasteiger partial charge in [-0.2, -0.15) is 0 Å². The summed E-state index contributed by atoms with van der Waals surface area (Å²) in [4.78, 5) is 25.1. The summed E-state index contributed by atoms with van der Waals surface area (Å²) in [6.45, 7) is 0.618. The van der Waals surface area contributed by atoms with Gasteiger partial charge in [-0.3, -0.25) is 14.5 Å². The maximum Gasteiger partial charge on any atom is 0.320 e. The van der Waals surface area contributed by atoms with E-state index < -0.39 is 12.0 Å². The van der Waals surface area contributed by atoms with Gasteiger partial charge in [0.2, 0.25) is 11.7 Å². The molecule has 0 saturated carbocycles. The lowest BCUT2D eigenvalue weighted by Crippen LogP contribution is -2.40. The number of benzene rings is 1. The Labute approximate surface area is 140 Å². The zero-order chi connectivity index (χ0) is 17.7. The minimum absolute atomic E-state index is 0.0215. The lowest BCUT2D eigenvalue weighted by atomic mass is 10.2. The minimum atomic E-state index is -0.895. The number of rotatable bonds is 7. The average molecular weight is 338 g/mol. The SMILES string of the molecule is COc1cc(NC(=O)CN2CCC[C@H]2C(=O)O)cc(OC)c1OC. The quantitative estimate of drug-likeness (QED) is 0.771. The molecule has 1 aromatic carbocycles. The molecule has 8 heteroatoms. The van der Waals surface area contributed by atoms with Gasteiger partial charge in [0.15, 0.2) is 11.5 Å². The monoisotopic (exact) mass is 338 g/mol. The smallest absolute Gasteiger partial charge is 0.320 e. The Kier molecular flexibility index (Phi) is 5.86. The second-order valence-corrected chi connectivity index (χ2v) is 5.43. The Morgan fingerprint density at radius 2 is 1.83 bits per heavy atom. The molecule has 132 valence electrons. The van der Waals surface area contributed by atoms with Gasteiger partial charge in [0, 0.05) is 17.8 Å². The summed E-state index contributed by atoms with van der Waals surface area (Å²) in [6.07, 6.45) is 1.33. The van der Waals surface area contributed by atoms with E-state index in [0.717, 1.165) is 6.42 Å². The molecule has 8 nitrogen and oxygen atoms in total. The number of likely N-dealkylation sites (tertiary alicyclic amines) is 1. The largest absolute Gasteiger partial charge is 0.493 e. The standard InChI is InChI=1S/C16H22N2O6/c1-22-12-7-10(8-13(23-2)15(12)24-3)17-14(19)9-18-6-4-5-11(18)16(20)21/h7-8,11H,4-6,9H2,1-3H3,(H,17,19)(H,20,21)/t11-/m0/s1. The molecule has 0 radical (unpaired) electrons. The summed E-state index contributed by atoms with van der Waals surface area (Å²) in [6, 6.07) is 2.64. The van der Waals surface area contributed by atoms with E-state index in [1.165, 1.54) is 21.3 Å². The first-order chi connectivity index (χ1) is 11.5. The minimum Gasteiger partial charge on any atom is -0.493 e. The van der Waals surface area contributed by atoms with Crippen molar-refractivity contribution < 1.29 is 28.9 Å². The number of carbonyl (C=O) groups excluding carboxylic acids is 1. The third kappa shape index (κ3) is 3.88. The Balaban J connectivity index is 2.10. The van der Waals surface area contributed by atoms with Crippen molar-refractivity contribution in [3.8, 4) is 17.2 Å². The fraction of sp³-hybridized carbons (Fsp3) is 0.500. The number of aliphatic carboxylic acids is 1. The van der Waals surface area contributed by atoms with Gasteiger partial charge in [-0.15, -0.1) is 0 Å². The van der Waals surface area contributed by atoms with E-state index in [2.05, 4.69) is 5.32 Å². The predicted octanol–water partition coefficient (Wildman–Crippen LogP) is 1.20. The van der Waals surface area contributed by atoms with Gasteiger partial charge >= 0.3 is 5.97 Å². The Morgan fingerprint density at radius 1 is 1.21 bits per heavy atom. The van der Waals surface area contributed by atoms with Crippen LogP contribution in [0.1, 0.15) is 12.8 Å². The number of carbonyl (C=O) groups is 2. The first-order valence-corrected chi connectivity index (χ1v) is 7.56. The second kappa shape index (κ2) is 7.87. The number of nitrogens with one attached hydrogen (secondary N) is 1. The average Bonchev–Trinajstić information content (AvgIpc) is 3.01. The zero-order valence-electron chi connectivity index (χ0n) is 14.0. The summed E-state index contributed by atoms with van der Waals surface area (Å²) in [7, 11) is 4.48. The van der Waals surface area contributed by atoms with E-state index in [1.54, 1.807) is 17.0 Å². The number of amides is 1. The molecule has 2 N–H and O–H groups in total. The summed E-state index contributed by atoms with van der Waals surface area (Å²) in [5.41, 5.74) is 0.487. The van der Waals surface area contributed by atoms with Crippen LogP contribution in [-0.2, 0) is 9.59 Å². The van der Waals surface area contributed by atoms with Crippen LogP contribution in [0, 0.1) is 0 Å². The van der Waals surface area contributed by atoms with Crippen LogP contribution in [0.2, 0.25) is 0 Å². The highest BCUT2D eigenvalue weighted by molar-refractivity contribution is 5.93. The fourth-order valence-corrected chi connectivity index (χ4v) is 2.83. The van der Waals surface area contributed by atoms with Crippen LogP contribution >= 0.6 is 0 Å². The van der Waals surface area contributed by atoms with E-state index in [1.807, 2.05) is 0 Å². The van der Waals surface area contributed by atoms with Crippen molar-refractivity contribution in [1.29, 1.82) is 0 Å². The number of hydrogen-bond acceptors (Lipinski definition) is 6. The van der Waals surface area contributed by atoms with Crippen LogP contribution < -0.4 is 19.5 Å². The molecular weight excluding hydrogens is 316 g/mol. The maximum atomic E-state index is 12.2. The molecule has 1 fully saturated rings. The molecule has 1 aliphatic rings. The molecule has 1 aliphatic heterocycles. The number of anilines is 1. The van der Waals surface area contributed by atoms with E-state index in [0.29, 0.717) is 35.9 Å². The molecule has 0 unspecified atom stereocenters. The molecule has 1 aromatic rings. The molecule has 1 atom stereocenters. The maximum absolute atomic E-state index is 12.2. The van der Waals surface area contributed by atoms with Gasteiger partial charge in [0.05, 0.1) is 27.9 Å². The topological polar surface area (TPSA) is 97.3 Å². The molecule has 1 amide bonds. The molecule has 0 aliphatic carbocycles. The third-order valence-corrected chi connectivity index (χ3v) is 3.94. The molecular formula is C16H22N2O6. The van der Waals surface area contributed by atoms with Crippen LogP contribution in [0.3, 0.4) is 0 Å². The Hall–Kier alpha value is -2.48. The van der Waals surface area contributed by atoms with Crippen molar-refractivity contribution >= 4 is 17.6 Å². The molecule has 24 heavy (non-hydrogen) atoms. The number of ether oxygens (including phenoxy) is 3. The van der Waals surface area contributed by atoms with Crippen LogP contribution in [-0.4, -0.2) is 62.3 Å². The summed E-state index contributed by atoms with van der Waals surface area (Å²) in [5.74, 6) is 0.0995. The Bertz CT molecular complexity index is 594. The van der Waals surface area contributed by atoms with E-state index in [4.69, 9.17) is 19.3 Å². The van der Waals surface area contributed by atoms with Crippen molar-refractivity contribution in [1.82, 2.24) is 4.90 Å². The number of nitrogens with zero attached hydrogens (tertiary/aromatic N) is 1. The van der Waals surface area contributed by atoms with Gasteiger partial charge in [-0.1, -0.05) is 0 Å². The number of carboxylic acid groups (broad SMARTS) is 1. The van der Waals surface area contributed by atoms with Crippen molar-refractivity contribution in [3.05, 3.63) is 12.1 Å². The number of methoxy groups -OCH3 is 3. The third-order valence-electron chi connectivity index (χ3n) is 3.94. The summed E-state index contributed by atoms with van der Waals surface area (Å²) >= 11 is 0. The zero-order valence-corrected chi connectivity index (χ0v) is 14.0.